The van der Waals surface area contributed by atoms with Gasteiger partial charge >= 0.3 is 0 Å². The number of rotatable bonds is 3. The number of amides is 1. The Hall–Kier alpha value is -1.89. The minimum Gasteiger partial charge on any atom is -0.341 e. The first-order chi connectivity index (χ1) is 11.7. The summed E-state index contributed by atoms with van der Waals surface area (Å²) in [5, 5.41) is 2.96. The minimum absolute atomic E-state index is 0.0253. The van der Waals surface area contributed by atoms with E-state index in [0.29, 0.717) is 6.04 Å². The molecule has 0 spiro atoms. The molecule has 2 aliphatic heterocycles. The van der Waals surface area contributed by atoms with Crippen LogP contribution in [0.3, 0.4) is 0 Å². The number of carbonyl (C=O) groups is 1. The molecule has 1 amide bonds. The molecule has 2 fully saturated rings. The standard InChI is InChI=1S/C17H23N5OS/c1-13-11-18-12-22(13)14-4-8-20(9-5-14)16(23)15-3-2-7-21(15)17-19-6-10-24-17/h6,10-12,14-15H,2-5,7-9H2,1H3. The summed E-state index contributed by atoms with van der Waals surface area (Å²) in [7, 11) is 0. The molecule has 7 heteroatoms. The molecule has 1 atom stereocenters. The SMILES string of the molecule is Cc1cncn1C1CCN(C(=O)C2CCCN2c2nccs2)CC1. The molecule has 1 unspecified atom stereocenters. The average molecular weight is 345 g/mol. The van der Waals surface area contributed by atoms with Gasteiger partial charge in [-0.15, -0.1) is 11.3 Å². The third kappa shape index (κ3) is 2.81. The van der Waals surface area contributed by atoms with Crippen molar-refractivity contribution in [1.29, 1.82) is 0 Å². The van der Waals surface area contributed by atoms with E-state index in [0.717, 1.165) is 50.4 Å². The van der Waals surface area contributed by atoms with Crippen LogP contribution in [0.15, 0.2) is 24.1 Å². The Morgan fingerprint density at radius 3 is 2.75 bits per heavy atom. The molecule has 6 nitrogen and oxygen atoms in total. The predicted octanol–water partition coefficient (Wildman–Crippen LogP) is 2.48. The summed E-state index contributed by atoms with van der Waals surface area (Å²) >= 11 is 1.62. The molecule has 0 saturated carbocycles. The van der Waals surface area contributed by atoms with Gasteiger partial charge in [-0.2, -0.15) is 0 Å². The van der Waals surface area contributed by atoms with E-state index in [1.54, 1.807) is 11.3 Å². The van der Waals surface area contributed by atoms with Gasteiger partial charge in [0.15, 0.2) is 5.13 Å². The van der Waals surface area contributed by atoms with Crippen LogP contribution in [0.4, 0.5) is 5.13 Å². The van der Waals surface area contributed by atoms with Gasteiger partial charge in [0.05, 0.1) is 6.33 Å². The molecule has 2 aliphatic rings. The zero-order chi connectivity index (χ0) is 16.5. The van der Waals surface area contributed by atoms with Crippen LogP contribution in [0.1, 0.15) is 37.4 Å². The number of nitrogens with zero attached hydrogens (tertiary/aromatic N) is 5. The molecule has 2 saturated heterocycles. The van der Waals surface area contributed by atoms with Gasteiger partial charge in [0, 0.05) is 49.1 Å². The summed E-state index contributed by atoms with van der Waals surface area (Å²) in [6, 6.07) is 0.442. The maximum absolute atomic E-state index is 13.0. The highest BCUT2D eigenvalue weighted by atomic mass is 32.1. The Morgan fingerprint density at radius 2 is 2.08 bits per heavy atom. The number of carbonyl (C=O) groups excluding carboxylic acids is 1. The zero-order valence-corrected chi connectivity index (χ0v) is 14.8. The second-order valence-electron chi connectivity index (χ2n) is 6.66. The van der Waals surface area contributed by atoms with Crippen molar-refractivity contribution in [2.45, 2.75) is 44.7 Å². The first-order valence-corrected chi connectivity index (χ1v) is 9.55. The zero-order valence-electron chi connectivity index (χ0n) is 14.0. The van der Waals surface area contributed by atoms with E-state index in [1.807, 2.05) is 24.1 Å². The van der Waals surface area contributed by atoms with Crippen molar-refractivity contribution in [2.75, 3.05) is 24.5 Å². The molecule has 0 N–H and O–H groups in total. The van der Waals surface area contributed by atoms with Crippen LogP contribution in [0.5, 0.6) is 0 Å². The maximum atomic E-state index is 13.0. The molecule has 2 aromatic rings. The summed E-state index contributed by atoms with van der Waals surface area (Å²) in [5.74, 6) is 0.281. The number of aryl methyl sites for hydroxylation is 1. The summed E-state index contributed by atoms with van der Waals surface area (Å²) in [4.78, 5) is 25.9. The molecular weight excluding hydrogens is 322 g/mol. The number of thiazole rings is 1. The average Bonchev–Trinajstić information content (AvgIpc) is 3.35. The number of aromatic nitrogens is 3. The lowest BCUT2D eigenvalue weighted by molar-refractivity contribution is -0.133. The topological polar surface area (TPSA) is 54.3 Å². The number of anilines is 1. The van der Waals surface area contributed by atoms with Gasteiger partial charge in [-0.25, -0.2) is 9.97 Å². The Morgan fingerprint density at radius 1 is 1.25 bits per heavy atom. The summed E-state index contributed by atoms with van der Waals surface area (Å²) in [6.45, 7) is 4.70. The number of hydrogen-bond acceptors (Lipinski definition) is 5. The van der Waals surface area contributed by atoms with Crippen LogP contribution in [-0.4, -0.2) is 51.0 Å². The highest BCUT2D eigenvalue weighted by molar-refractivity contribution is 7.13. The first-order valence-electron chi connectivity index (χ1n) is 8.67. The Balaban J connectivity index is 1.40. The summed E-state index contributed by atoms with van der Waals surface area (Å²) in [6.07, 6.45) is 9.67. The highest BCUT2D eigenvalue weighted by Crippen LogP contribution is 2.30. The fourth-order valence-electron chi connectivity index (χ4n) is 3.94. The monoisotopic (exact) mass is 345 g/mol. The smallest absolute Gasteiger partial charge is 0.245 e. The van der Waals surface area contributed by atoms with Gasteiger partial charge in [0.1, 0.15) is 6.04 Å². The third-order valence-corrected chi connectivity index (χ3v) is 6.04. The largest absolute Gasteiger partial charge is 0.341 e. The van der Waals surface area contributed by atoms with E-state index in [4.69, 9.17) is 0 Å². The van der Waals surface area contributed by atoms with Crippen molar-refractivity contribution in [2.24, 2.45) is 0 Å². The van der Waals surface area contributed by atoms with E-state index >= 15 is 0 Å². The Kier molecular flexibility index (Phi) is 4.26. The molecule has 4 rings (SSSR count). The van der Waals surface area contributed by atoms with Crippen molar-refractivity contribution in [1.82, 2.24) is 19.4 Å². The third-order valence-electron chi connectivity index (χ3n) is 5.23. The molecular formula is C17H23N5OS. The second-order valence-corrected chi connectivity index (χ2v) is 7.54. The van der Waals surface area contributed by atoms with Crippen LogP contribution in [0.2, 0.25) is 0 Å². The van der Waals surface area contributed by atoms with Gasteiger partial charge in [-0.1, -0.05) is 0 Å². The van der Waals surface area contributed by atoms with Crippen molar-refractivity contribution in [3.63, 3.8) is 0 Å². The van der Waals surface area contributed by atoms with Crippen LogP contribution in [-0.2, 0) is 4.79 Å². The molecule has 0 bridgehead atoms. The van der Waals surface area contributed by atoms with Crippen molar-refractivity contribution in [3.8, 4) is 0 Å². The molecule has 24 heavy (non-hydrogen) atoms. The molecule has 2 aromatic heterocycles. The number of imidazole rings is 1. The van der Waals surface area contributed by atoms with Crippen LogP contribution >= 0.6 is 11.3 Å². The fourth-order valence-corrected chi connectivity index (χ4v) is 4.66. The van der Waals surface area contributed by atoms with Crippen molar-refractivity contribution >= 4 is 22.4 Å². The van der Waals surface area contributed by atoms with Gasteiger partial charge in [-0.3, -0.25) is 4.79 Å². The van der Waals surface area contributed by atoms with Crippen molar-refractivity contribution < 1.29 is 4.79 Å². The number of hydrogen-bond donors (Lipinski definition) is 0. The van der Waals surface area contributed by atoms with Crippen LogP contribution in [0.25, 0.3) is 0 Å². The lowest BCUT2D eigenvalue weighted by Gasteiger charge is -2.36. The van der Waals surface area contributed by atoms with Crippen LogP contribution < -0.4 is 4.90 Å². The summed E-state index contributed by atoms with van der Waals surface area (Å²) < 4.78 is 2.25. The van der Waals surface area contributed by atoms with E-state index in [2.05, 4.69) is 31.3 Å². The molecule has 0 aromatic carbocycles. The van der Waals surface area contributed by atoms with E-state index < -0.39 is 0 Å². The Labute approximate surface area is 146 Å². The van der Waals surface area contributed by atoms with Gasteiger partial charge in [0.2, 0.25) is 5.91 Å². The highest BCUT2D eigenvalue weighted by Gasteiger charge is 2.36. The molecule has 4 heterocycles. The first kappa shape index (κ1) is 15.6. The Bertz CT molecular complexity index is 690. The van der Waals surface area contributed by atoms with E-state index in [1.165, 1.54) is 5.69 Å². The fraction of sp³-hybridized carbons (Fsp3) is 0.588. The van der Waals surface area contributed by atoms with Gasteiger partial charge < -0.3 is 14.4 Å². The predicted molar refractivity (Wildman–Crippen MR) is 94.3 cm³/mol. The van der Waals surface area contributed by atoms with Gasteiger partial charge in [-0.05, 0) is 32.6 Å². The quantitative estimate of drug-likeness (QED) is 0.858. The molecule has 0 radical (unpaired) electrons. The second kappa shape index (κ2) is 6.55. The van der Waals surface area contributed by atoms with E-state index in [9.17, 15) is 4.79 Å². The van der Waals surface area contributed by atoms with E-state index in [-0.39, 0.29) is 11.9 Å². The minimum atomic E-state index is -0.0253. The summed E-state index contributed by atoms with van der Waals surface area (Å²) in [5.41, 5.74) is 1.20. The lowest BCUT2D eigenvalue weighted by Crippen LogP contribution is -2.48. The maximum Gasteiger partial charge on any atom is 0.245 e. The van der Waals surface area contributed by atoms with Gasteiger partial charge in [0.25, 0.3) is 0 Å². The number of likely N-dealkylation sites (tertiary alicyclic amines) is 1. The molecule has 0 aliphatic carbocycles. The van der Waals surface area contributed by atoms with Crippen molar-refractivity contribution in [3.05, 3.63) is 29.8 Å². The lowest BCUT2D eigenvalue weighted by atomic mass is 10.0. The van der Waals surface area contributed by atoms with Crippen LogP contribution in [0, 0.1) is 6.92 Å². The number of piperidine rings is 1. The normalized spacial score (nSPS) is 22.3. The molecule has 128 valence electrons.